The van der Waals surface area contributed by atoms with Gasteiger partial charge in [0.1, 0.15) is 24.0 Å². The number of likely N-dealkylation sites (tertiary alicyclic amines) is 1. The highest BCUT2D eigenvalue weighted by molar-refractivity contribution is 7.89. The second-order valence-electron chi connectivity index (χ2n) is 9.67. The Kier molecular flexibility index (Phi) is 8.97. The van der Waals surface area contributed by atoms with E-state index in [1.54, 1.807) is 25.7 Å². The molecule has 0 saturated carbocycles. The lowest BCUT2D eigenvalue weighted by atomic mass is 9.90. The maximum atomic E-state index is 13.2. The van der Waals surface area contributed by atoms with Crippen molar-refractivity contribution in [2.45, 2.75) is 56.8 Å². The van der Waals surface area contributed by atoms with Gasteiger partial charge < -0.3 is 19.1 Å². The van der Waals surface area contributed by atoms with Crippen LogP contribution in [0.25, 0.3) is 0 Å². The first kappa shape index (κ1) is 27.5. The number of piperidine rings is 1. The molecule has 0 bridgehead atoms. The van der Waals surface area contributed by atoms with Crippen LogP contribution in [0, 0.1) is 5.92 Å². The van der Waals surface area contributed by atoms with Crippen molar-refractivity contribution in [2.24, 2.45) is 5.92 Å². The van der Waals surface area contributed by atoms with Gasteiger partial charge in [0, 0.05) is 13.1 Å². The van der Waals surface area contributed by atoms with Gasteiger partial charge in [-0.3, -0.25) is 4.79 Å². The van der Waals surface area contributed by atoms with Gasteiger partial charge in [-0.05, 0) is 69.4 Å². The lowest BCUT2D eigenvalue weighted by Gasteiger charge is -2.36. The van der Waals surface area contributed by atoms with Crippen molar-refractivity contribution in [3.63, 3.8) is 0 Å². The second-order valence-corrected chi connectivity index (χ2v) is 11.4. The standard InChI is InChI=1S/C26H34N2O7S/c1-26(2,3)35-25(30)28-16-14-20(15-17-28)23(24(29)34-18-19-8-6-5-7-9-19)27-36(31,32)22-12-10-21(33-4)11-13-22/h5-13,20,23,27H,14-18H2,1-4H3/t23-/m1/s1. The fourth-order valence-corrected chi connectivity index (χ4v) is 5.14. The van der Waals surface area contributed by atoms with Gasteiger partial charge in [-0.15, -0.1) is 0 Å². The zero-order valence-electron chi connectivity index (χ0n) is 21.1. The Morgan fingerprint density at radius 3 is 2.19 bits per heavy atom. The summed E-state index contributed by atoms with van der Waals surface area (Å²) in [7, 11) is -2.54. The van der Waals surface area contributed by atoms with Crippen molar-refractivity contribution in [1.29, 1.82) is 0 Å². The zero-order valence-corrected chi connectivity index (χ0v) is 21.9. The zero-order chi connectivity index (χ0) is 26.3. The van der Waals surface area contributed by atoms with Crippen LogP contribution in [0.2, 0.25) is 0 Å². The Bertz CT molecular complexity index is 1120. The summed E-state index contributed by atoms with van der Waals surface area (Å²) < 4.78 is 44.9. The number of sulfonamides is 1. The van der Waals surface area contributed by atoms with Gasteiger partial charge in [0.15, 0.2) is 0 Å². The van der Waals surface area contributed by atoms with E-state index in [2.05, 4.69) is 4.72 Å². The monoisotopic (exact) mass is 518 g/mol. The Balaban J connectivity index is 1.74. The van der Waals surface area contributed by atoms with Gasteiger partial charge in [0.05, 0.1) is 12.0 Å². The molecular formula is C26H34N2O7S. The molecule has 1 aliphatic heterocycles. The summed E-state index contributed by atoms with van der Waals surface area (Å²) >= 11 is 0. The fourth-order valence-electron chi connectivity index (χ4n) is 3.89. The van der Waals surface area contributed by atoms with E-state index in [1.165, 1.54) is 31.4 Å². The fraction of sp³-hybridized carbons (Fsp3) is 0.462. The van der Waals surface area contributed by atoms with Gasteiger partial charge in [-0.1, -0.05) is 30.3 Å². The van der Waals surface area contributed by atoms with Crippen LogP contribution in [0.5, 0.6) is 5.75 Å². The van der Waals surface area contributed by atoms with E-state index in [1.807, 2.05) is 30.3 Å². The molecule has 0 radical (unpaired) electrons. The van der Waals surface area contributed by atoms with Crippen molar-refractivity contribution in [2.75, 3.05) is 20.2 Å². The molecule has 10 heteroatoms. The first-order chi connectivity index (χ1) is 17.0. The minimum absolute atomic E-state index is 0.00958. The third kappa shape index (κ3) is 7.69. The number of rotatable bonds is 8. The van der Waals surface area contributed by atoms with Crippen molar-refractivity contribution in [3.05, 3.63) is 60.2 Å². The number of nitrogens with zero attached hydrogens (tertiary/aromatic N) is 1. The average Bonchev–Trinajstić information content (AvgIpc) is 2.85. The summed E-state index contributed by atoms with van der Waals surface area (Å²) in [6.07, 6.45) is 0.397. The first-order valence-corrected chi connectivity index (χ1v) is 13.3. The number of carbonyl (C=O) groups is 2. The highest BCUT2D eigenvalue weighted by Crippen LogP contribution is 2.25. The summed E-state index contributed by atoms with van der Waals surface area (Å²) in [5.41, 5.74) is 0.175. The Morgan fingerprint density at radius 2 is 1.64 bits per heavy atom. The van der Waals surface area contributed by atoms with E-state index in [-0.39, 0.29) is 17.4 Å². The molecule has 1 N–H and O–H groups in total. The average molecular weight is 519 g/mol. The van der Waals surface area contributed by atoms with Crippen LogP contribution in [-0.2, 0) is 30.9 Å². The van der Waals surface area contributed by atoms with Crippen LogP contribution in [-0.4, -0.2) is 57.2 Å². The number of hydrogen-bond acceptors (Lipinski definition) is 7. The van der Waals surface area contributed by atoms with Gasteiger partial charge in [-0.2, -0.15) is 4.72 Å². The summed E-state index contributed by atoms with van der Waals surface area (Å²) in [5.74, 6) is -0.506. The number of benzene rings is 2. The molecule has 9 nitrogen and oxygen atoms in total. The van der Waals surface area contributed by atoms with Crippen LogP contribution in [0.3, 0.4) is 0 Å². The lowest BCUT2D eigenvalue weighted by molar-refractivity contribution is -0.149. The van der Waals surface area contributed by atoms with E-state index >= 15 is 0 Å². The van der Waals surface area contributed by atoms with Crippen LogP contribution < -0.4 is 9.46 Å². The molecule has 1 atom stereocenters. The molecule has 2 aromatic rings. The molecule has 0 unspecified atom stereocenters. The minimum Gasteiger partial charge on any atom is -0.497 e. The number of methoxy groups -OCH3 is 1. The molecule has 1 heterocycles. The third-order valence-corrected chi connectivity index (χ3v) is 7.25. The maximum absolute atomic E-state index is 13.2. The van der Waals surface area contributed by atoms with Crippen LogP contribution >= 0.6 is 0 Å². The summed E-state index contributed by atoms with van der Waals surface area (Å²) in [5, 5.41) is 0. The van der Waals surface area contributed by atoms with Crippen molar-refractivity contribution >= 4 is 22.1 Å². The Hall–Kier alpha value is -3.11. The first-order valence-electron chi connectivity index (χ1n) is 11.8. The molecule has 36 heavy (non-hydrogen) atoms. The van der Waals surface area contributed by atoms with Crippen LogP contribution in [0.15, 0.2) is 59.5 Å². The number of nitrogens with one attached hydrogen (secondary N) is 1. The van der Waals surface area contributed by atoms with Crippen LogP contribution in [0.4, 0.5) is 4.79 Å². The van der Waals surface area contributed by atoms with E-state index < -0.39 is 33.7 Å². The van der Waals surface area contributed by atoms with Gasteiger partial charge in [-0.25, -0.2) is 13.2 Å². The smallest absolute Gasteiger partial charge is 0.410 e. The van der Waals surface area contributed by atoms with E-state index in [4.69, 9.17) is 14.2 Å². The highest BCUT2D eigenvalue weighted by atomic mass is 32.2. The summed E-state index contributed by atoms with van der Waals surface area (Å²) in [6.45, 7) is 6.09. The molecule has 0 aliphatic carbocycles. The topological polar surface area (TPSA) is 111 Å². The number of ether oxygens (including phenoxy) is 3. The Labute approximate surface area is 212 Å². The predicted octanol–water partition coefficient (Wildman–Crippen LogP) is 3.73. The van der Waals surface area contributed by atoms with E-state index in [9.17, 15) is 18.0 Å². The highest BCUT2D eigenvalue weighted by Gasteiger charge is 2.37. The summed E-state index contributed by atoms with van der Waals surface area (Å²) in [4.78, 5) is 27.2. The van der Waals surface area contributed by atoms with Crippen LogP contribution in [0.1, 0.15) is 39.2 Å². The molecule has 1 saturated heterocycles. The molecule has 0 aromatic heterocycles. The van der Waals surface area contributed by atoms with E-state index in [0.717, 1.165) is 5.56 Å². The molecule has 3 rings (SSSR count). The van der Waals surface area contributed by atoms with Crippen molar-refractivity contribution in [1.82, 2.24) is 9.62 Å². The molecular weight excluding hydrogens is 484 g/mol. The minimum atomic E-state index is -4.03. The molecule has 0 spiro atoms. The van der Waals surface area contributed by atoms with Gasteiger partial charge in [0.2, 0.25) is 10.0 Å². The molecule has 1 aliphatic rings. The molecule has 2 aromatic carbocycles. The number of esters is 1. The van der Waals surface area contributed by atoms with Crippen molar-refractivity contribution in [3.8, 4) is 5.75 Å². The molecule has 1 amide bonds. The van der Waals surface area contributed by atoms with Crippen molar-refractivity contribution < 1.29 is 32.2 Å². The normalized spacial score (nSPS) is 15.7. The predicted molar refractivity (Wildman–Crippen MR) is 134 cm³/mol. The van der Waals surface area contributed by atoms with Gasteiger partial charge >= 0.3 is 12.1 Å². The maximum Gasteiger partial charge on any atom is 0.410 e. The van der Waals surface area contributed by atoms with Gasteiger partial charge in [0.25, 0.3) is 0 Å². The Morgan fingerprint density at radius 1 is 1.03 bits per heavy atom. The SMILES string of the molecule is COc1ccc(S(=O)(=O)N[C@@H](C(=O)OCc2ccccc2)C2CCN(C(=O)OC(C)(C)C)CC2)cc1. The third-order valence-electron chi connectivity index (χ3n) is 5.79. The second kappa shape index (κ2) is 11.7. The molecule has 1 fully saturated rings. The number of hydrogen-bond donors (Lipinski definition) is 1. The number of carbonyl (C=O) groups excluding carboxylic acids is 2. The lowest BCUT2D eigenvalue weighted by Crippen LogP contribution is -2.51. The summed E-state index contributed by atoms with van der Waals surface area (Å²) in [6, 6.07) is 14.0. The van der Waals surface area contributed by atoms with E-state index in [0.29, 0.717) is 31.7 Å². The molecule has 196 valence electrons. The largest absolute Gasteiger partial charge is 0.497 e. The number of amides is 1. The quantitative estimate of drug-likeness (QED) is 0.530.